The lowest BCUT2D eigenvalue weighted by Gasteiger charge is -2.24. The van der Waals surface area contributed by atoms with Gasteiger partial charge in [0.2, 0.25) is 5.28 Å². The molecule has 1 aliphatic rings. The first-order valence-corrected chi connectivity index (χ1v) is 16.0. The van der Waals surface area contributed by atoms with E-state index in [9.17, 15) is 24.2 Å². The molecule has 4 rings (SSSR count). The van der Waals surface area contributed by atoms with Gasteiger partial charge in [-0.3, -0.25) is 13.7 Å². The molecule has 40 heavy (non-hydrogen) atoms. The Kier molecular flexibility index (Phi) is 9.34. The molecule has 1 unspecified atom stereocenters. The fraction of sp³-hybridized carbons (Fsp3) is 0.435. The van der Waals surface area contributed by atoms with E-state index in [-0.39, 0.29) is 10.9 Å². The van der Waals surface area contributed by atoms with Crippen molar-refractivity contribution in [3.05, 3.63) is 47.0 Å². The molecule has 1 aromatic carbocycles. The molecule has 216 valence electrons. The Balaban J connectivity index is 1.60. The molecule has 14 nitrogen and oxygen atoms in total. The van der Waals surface area contributed by atoms with Crippen molar-refractivity contribution in [3.63, 3.8) is 0 Å². The second kappa shape index (κ2) is 12.2. The number of halogens is 1. The largest absolute Gasteiger partial charge is 0.387 e. The Morgan fingerprint density at radius 2 is 1.88 bits per heavy atom. The van der Waals surface area contributed by atoms with Crippen molar-refractivity contribution in [1.29, 1.82) is 0 Å². The van der Waals surface area contributed by atoms with Crippen molar-refractivity contribution in [2.75, 3.05) is 24.0 Å². The Morgan fingerprint density at radius 1 is 1.18 bits per heavy atom. The minimum Gasteiger partial charge on any atom is -0.387 e. The van der Waals surface area contributed by atoms with Crippen LogP contribution in [0.25, 0.3) is 11.2 Å². The van der Waals surface area contributed by atoms with Gasteiger partial charge in [-0.1, -0.05) is 25.0 Å². The van der Waals surface area contributed by atoms with Crippen LogP contribution in [0, 0.1) is 12.3 Å². The van der Waals surface area contributed by atoms with Gasteiger partial charge < -0.3 is 39.1 Å². The number of rotatable bonds is 11. The number of terminal acetylenes is 1. The summed E-state index contributed by atoms with van der Waals surface area (Å²) in [5.74, 6) is 1.61. The lowest BCUT2D eigenvalue weighted by atomic mass is 10.1. The van der Waals surface area contributed by atoms with Crippen molar-refractivity contribution in [2.24, 2.45) is 0 Å². The van der Waals surface area contributed by atoms with Crippen LogP contribution in [0.4, 0.5) is 5.82 Å². The summed E-state index contributed by atoms with van der Waals surface area (Å²) in [6.45, 7) is 2.34. The monoisotopic (exact) mass is 615 g/mol. The molecule has 2 aromatic heterocycles. The highest BCUT2D eigenvalue weighted by molar-refractivity contribution is 7.70. The molecule has 0 spiro atoms. The smallest absolute Gasteiger partial charge is 0.340 e. The van der Waals surface area contributed by atoms with E-state index in [1.807, 2.05) is 36.1 Å². The van der Waals surface area contributed by atoms with Gasteiger partial charge in [0.1, 0.15) is 18.3 Å². The predicted molar refractivity (Wildman–Crippen MR) is 145 cm³/mol. The maximum Gasteiger partial charge on any atom is 0.340 e. The van der Waals surface area contributed by atoms with Crippen LogP contribution in [0.2, 0.25) is 5.28 Å². The maximum atomic E-state index is 12.0. The van der Waals surface area contributed by atoms with Crippen LogP contribution in [-0.4, -0.2) is 81.8 Å². The zero-order chi connectivity index (χ0) is 29.2. The number of ether oxygens (including phenoxy) is 1. The second-order valence-corrected chi connectivity index (χ2v) is 13.5. The van der Waals surface area contributed by atoms with E-state index in [4.69, 9.17) is 37.1 Å². The molecule has 5 N–H and O–H groups in total. The maximum absolute atomic E-state index is 12.0. The zero-order valence-electron chi connectivity index (χ0n) is 21.2. The molecule has 0 aliphatic carbocycles. The van der Waals surface area contributed by atoms with Gasteiger partial charge in [-0.15, -0.1) is 6.42 Å². The fourth-order valence-electron chi connectivity index (χ4n) is 4.30. The lowest BCUT2D eigenvalue weighted by Crippen LogP contribution is -2.33. The Labute approximate surface area is 234 Å². The number of hydrogen-bond acceptors (Lipinski definition) is 10. The van der Waals surface area contributed by atoms with E-state index < -0.39 is 52.2 Å². The molecule has 1 saturated heterocycles. The molecule has 3 aromatic rings. The van der Waals surface area contributed by atoms with Crippen LogP contribution < -0.4 is 4.90 Å². The van der Waals surface area contributed by atoms with Crippen LogP contribution in [-0.2, 0) is 24.9 Å². The topological polar surface area (TPSA) is 201 Å². The van der Waals surface area contributed by atoms with Crippen molar-refractivity contribution < 1.29 is 43.3 Å². The summed E-state index contributed by atoms with van der Waals surface area (Å²) in [7, 11) is -9.55. The number of benzene rings is 1. The van der Waals surface area contributed by atoms with Gasteiger partial charge in [0.25, 0.3) is 0 Å². The molecule has 1 aliphatic heterocycles. The molecule has 3 heterocycles. The minimum atomic E-state index is -4.85. The van der Waals surface area contributed by atoms with Crippen molar-refractivity contribution in [3.8, 4) is 12.3 Å². The molecule has 0 radical (unpaired) electrons. The van der Waals surface area contributed by atoms with Crippen molar-refractivity contribution in [1.82, 2.24) is 19.5 Å². The van der Waals surface area contributed by atoms with E-state index >= 15 is 0 Å². The van der Waals surface area contributed by atoms with Gasteiger partial charge in [-0.05, 0) is 35.7 Å². The number of hydrogen-bond donors (Lipinski definition) is 5. The molecular formula is C23H28ClN5O9P2. The predicted octanol–water partition coefficient (Wildman–Crippen LogP) is 1.83. The minimum absolute atomic E-state index is 0.0976. The number of nitrogens with zero attached hydrogens (tertiary/aromatic N) is 5. The average molecular weight is 616 g/mol. The summed E-state index contributed by atoms with van der Waals surface area (Å²) >= 11 is 6.29. The number of anilines is 1. The van der Waals surface area contributed by atoms with Crippen molar-refractivity contribution >= 4 is 43.8 Å². The summed E-state index contributed by atoms with van der Waals surface area (Å²) in [5, 5.41) is 21.1. The number of aliphatic hydroxyl groups excluding tert-OH is 2. The summed E-state index contributed by atoms with van der Waals surface area (Å²) in [6.07, 6.45) is 1.90. The van der Waals surface area contributed by atoms with Gasteiger partial charge in [0.05, 0.1) is 12.9 Å². The first kappa shape index (κ1) is 30.6. The molecule has 17 heteroatoms. The highest BCUT2D eigenvalue weighted by atomic mass is 35.5. The Hall–Kier alpha value is -2.40. The lowest BCUT2D eigenvalue weighted by molar-refractivity contribution is -0.0483. The first-order valence-electron chi connectivity index (χ1n) is 12.0. The summed E-state index contributed by atoms with van der Waals surface area (Å²) in [6, 6.07) is 7.49. The van der Waals surface area contributed by atoms with Crippen LogP contribution in [0.3, 0.4) is 0 Å². The van der Waals surface area contributed by atoms with Crippen LogP contribution in [0.5, 0.6) is 0 Å². The van der Waals surface area contributed by atoms with E-state index in [0.29, 0.717) is 24.4 Å². The Morgan fingerprint density at radius 3 is 2.50 bits per heavy atom. The standard InChI is InChI=1S/C23H28ClN5O9P2/c1-3-9-28(10-15-7-5-14(4-2)6-8-15)20-17-21(27-23(24)26-20)29(12-25-17)22-19(31)18(30)16(38-22)11-37-40(35,36)13-39(32,33)34/h2,5-8,12,16,18-19,22,30-31H,3,9-11,13H2,1H3,(H,35,36)(H2,32,33,34)/t16-,18-,19-,22-/m1/s1. The van der Waals surface area contributed by atoms with E-state index in [0.717, 1.165) is 17.5 Å². The first-order chi connectivity index (χ1) is 18.8. The van der Waals surface area contributed by atoms with Gasteiger partial charge >= 0.3 is 15.2 Å². The molecule has 0 amide bonds. The summed E-state index contributed by atoms with van der Waals surface area (Å²) in [5.41, 5.74) is 2.27. The second-order valence-electron chi connectivity index (χ2n) is 9.19. The van der Waals surface area contributed by atoms with Crippen LogP contribution >= 0.6 is 26.8 Å². The highest BCUT2D eigenvalue weighted by Crippen LogP contribution is 2.55. The van der Waals surface area contributed by atoms with Gasteiger partial charge in [0, 0.05) is 18.7 Å². The van der Waals surface area contributed by atoms with Gasteiger partial charge in [-0.2, -0.15) is 9.97 Å². The van der Waals surface area contributed by atoms with Crippen molar-refractivity contribution in [2.45, 2.75) is 44.4 Å². The summed E-state index contributed by atoms with van der Waals surface area (Å²) < 4.78 is 34.9. The van der Waals surface area contributed by atoms with E-state index in [2.05, 4.69) is 20.9 Å². The number of fused-ring (bicyclic) bond motifs is 1. The SMILES string of the molecule is C#Cc1ccc(CN(CCC)c2nc(Cl)nc3c2ncn3[C@@H]2O[C@H](COP(=O)(O)CP(=O)(O)O)[C@@H](O)[C@H]2O)cc1. The normalized spacial score (nSPS) is 22.8. The number of aliphatic hydroxyl groups is 2. The molecular weight excluding hydrogens is 588 g/mol. The Bertz CT molecular complexity index is 1490. The molecule has 0 saturated carbocycles. The molecule has 0 bridgehead atoms. The zero-order valence-corrected chi connectivity index (χ0v) is 23.7. The van der Waals surface area contributed by atoms with Gasteiger partial charge in [-0.25, -0.2) is 4.98 Å². The number of aromatic nitrogens is 4. The third-order valence-electron chi connectivity index (χ3n) is 6.08. The summed E-state index contributed by atoms with van der Waals surface area (Å²) in [4.78, 5) is 42.7. The third-order valence-corrected chi connectivity index (χ3v) is 9.70. The van der Waals surface area contributed by atoms with Gasteiger partial charge in [0.15, 0.2) is 29.1 Å². The van der Waals surface area contributed by atoms with Crippen LogP contribution in [0.1, 0.15) is 30.7 Å². The quantitative estimate of drug-likeness (QED) is 0.119. The fourth-order valence-corrected chi connectivity index (χ4v) is 7.03. The highest BCUT2D eigenvalue weighted by Gasteiger charge is 2.46. The third kappa shape index (κ3) is 7.08. The van der Waals surface area contributed by atoms with E-state index in [1.165, 1.54) is 10.9 Å². The number of imidazole rings is 1. The van der Waals surface area contributed by atoms with Crippen LogP contribution in [0.15, 0.2) is 30.6 Å². The average Bonchev–Trinajstić information content (AvgIpc) is 3.41. The molecule has 5 atom stereocenters. The molecule has 1 fully saturated rings. The van der Waals surface area contributed by atoms with E-state index in [1.54, 1.807) is 0 Å².